The fraction of sp³-hybridized carbons (Fsp3) is 0.467. The predicted octanol–water partition coefficient (Wildman–Crippen LogP) is 3.69. The highest BCUT2D eigenvalue weighted by atomic mass is 15.5. The van der Waals surface area contributed by atoms with Crippen LogP contribution in [0.3, 0.4) is 0 Å². The summed E-state index contributed by atoms with van der Waals surface area (Å²) in [5.41, 5.74) is 3.84. The molecule has 0 spiro atoms. The Labute approximate surface area is 132 Å². The summed E-state index contributed by atoms with van der Waals surface area (Å²) < 4.78 is 0. The van der Waals surface area contributed by atoms with Gasteiger partial charge in [-0.05, 0) is 38.1 Å². The van der Waals surface area contributed by atoms with Gasteiger partial charge in [-0.25, -0.2) is 0 Å². The van der Waals surface area contributed by atoms with Crippen molar-refractivity contribution >= 4 is 11.4 Å². The Morgan fingerprint density at radius 2 is 1.55 bits per heavy atom. The van der Waals surface area contributed by atoms with Crippen molar-refractivity contribution in [3.63, 3.8) is 0 Å². The molecule has 0 unspecified atom stereocenters. The summed E-state index contributed by atoms with van der Waals surface area (Å²) in [5, 5.41) is 21.2. The van der Waals surface area contributed by atoms with Crippen LogP contribution in [0.15, 0.2) is 56.2 Å². The normalized spacial score (nSPS) is 12.6. The summed E-state index contributed by atoms with van der Waals surface area (Å²) >= 11 is 0. The summed E-state index contributed by atoms with van der Waals surface area (Å²) in [6.45, 7) is 4.59. The van der Waals surface area contributed by atoms with Crippen LogP contribution in [-0.2, 0) is 0 Å². The van der Waals surface area contributed by atoms with E-state index < -0.39 is 0 Å². The average Bonchev–Trinajstić information content (AvgIpc) is 2.52. The van der Waals surface area contributed by atoms with Gasteiger partial charge < -0.3 is 10.2 Å². The molecule has 22 heavy (non-hydrogen) atoms. The molecular formula is C15H25N7. The zero-order chi connectivity index (χ0) is 16.5. The maximum absolute atomic E-state index is 4.21. The smallest absolute Gasteiger partial charge is 0.131 e. The highest BCUT2D eigenvalue weighted by Gasteiger charge is 2.01. The first-order valence-corrected chi connectivity index (χ1v) is 7.07. The fourth-order valence-electron chi connectivity index (χ4n) is 1.51. The number of hydrogen-bond donors (Lipinski definition) is 1. The SMILES string of the molecule is CN/C(C)=C(/C)N(C)CN=Nc1ccc(N=NN(C)C)cc1. The van der Waals surface area contributed by atoms with Gasteiger partial charge in [-0.2, -0.15) is 10.2 Å². The van der Waals surface area contributed by atoms with Crippen LogP contribution in [0.1, 0.15) is 13.8 Å². The number of allylic oxidation sites excluding steroid dienone is 2. The third kappa shape index (κ3) is 5.90. The van der Waals surface area contributed by atoms with E-state index in [1.807, 2.05) is 71.2 Å². The van der Waals surface area contributed by atoms with Crippen molar-refractivity contribution in [1.29, 1.82) is 0 Å². The zero-order valence-corrected chi connectivity index (χ0v) is 14.2. The quantitative estimate of drug-likeness (QED) is 0.617. The van der Waals surface area contributed by atoms with Gasteiger partial charge in [-0.3, -0.25) is 5.01 Å². The van der Waals surface area contributed by atoms with Crippen molar-refractivity contribution in [3.8, 4) is 0 Å². The van der Waals surface area contributed by atoms with Crippen LogP contribution in [0.25, 0.3) is 0 Å². The van der Waals surface area contributed by atoms with Crippen LogP contribution < -0.4 is 5.32 Å². The summed E-state index contributed by atoms with van der Waals surface area (Å²) in [5.74, 6) is 0. The lowest BCUT2D eigenvalue weighted by Gasteiger charge is -2.19. The molecule has 0 aliphatic rings. The van der Waals surface area contributed by atoms with Crippen molar-refractivity contribution < 1.29 is 0 Å². The second-order valence-corrected chi connectivity index (χ2v) is 5.09. The molecule has 0 aromatic heterocycles. The summed E-state index contributed by atoms with van der Waals surface area (Å²) in [6.07, 6.45) is 0. The van der Waals surface area contributed by atoms with Crippen LogP contribution in [0, 0.1) is 0 Å². The molecule has 0 atom stereocenters. The van der Waals surface area contributed by atoms with Crippen LogP contribution in [0.4, 0.5) is 11.4 Å². The summed E-state index contributed by atoms with van der Waals surface area (Å²) in [7, 11) is 7.55. The number of benzene rings is 1. The number of nitrogens with one attached hydrogen (secondary N) is 1. The Hall–Kier alpha value is -2.44. The van der Waals surface area contributed by atoms with Gasteiger partial charge in [0.2, 0.25) is 0 Å². The molecule has 1 aromatic carbocycles. The second kappa shape index (κ2) is 8.76. The van der Waals surface area contributed by atoms with Crippen molar-refractivity contribution in [1.82, 2.24) is 15.2 Å². The maximum Gasteiger partial charge on any atom is 0.131 e. The maximum atomic E-state index is 4.21. The predicted molar refractivity (Wildman–Crippen MR) is 89.2 cm³/mol. The monoisotopic (exact) mass is 303 g/mol. The van der Waals surface area contributed by atoms with Gasteiger partial charge in [-0.1, -0.05) is 5.22 Å². The molecule has 0 saturated carbocycles. The fourth-order valence-corrected chi connectivity index (χ4v) is 1.51. The van der Waals surface area contributed by atoms with Crippen molar-refractivity contribution in [2.75, 3.05) is 34.9 Å². The van der Waals surface area contributed by atoms with Gasteiger partial charge >= 0.3 is 0 Å². The van der Waals surface area contributed by atoms with E-state index in [2.05, 4.69) is 25.9 Å². The molecule has 0 saturated heterocycles. The molecule has 120 valence electrons. The highest BCUT2D eigenvalue weighted by molar-refractivity contribution is 5.46. The molecule has 1 N–H and O–H groups in total. The van der Waals surface area contributed by atoms with Gasteiger partial charge in [0.15, 0.2) is 0 Å². The zero-order valence-electron chi connectivity index (χ0n) is 14.2. The minimum Gasteiger partial charge on any atom is -0.390 e. The number of nitrogens with zero attached hydrogens (tertiary/aromatic N) is 6. The van der Waals surface area contributed by atoms with Gasteiger partial charge in [0.05, 0.1) is 11.4 Å². The Morgan fingerprint density at radius 3 is 2.05 bits per heavy atom. The molecule has 0 radical (unpaired) electrons. The van der Waals surface area contributed by atoms with E-state index in [0.717, 1.165) is 22.8 Å². The summed E-state index contributed by atoms with van der Waals surface area (Å²) in [6, 6.07) is 7.47. The second-order valence-electron chi connectivity index (χ2n) is 5.09. The molecule has 0 heterocycles. The largest absolute Gasteiger partial charge is 0.390 e. The molecule has 0 fully saturated rings. The molecule has 1 rings (SSSR count). The summed E-state index contributed by atoms with van der Waals surface area (Å²) in [4.78, 5) is 2.04. The molecule has 1 aromatic rings. The first kappa shape index (κ1) is 17.6. The topological polar surface area (TPSA) is 67.9 Å². The highest BCUT2D eigenvalue weighted by Crippen LogP contribution is 2.19. The van der Waals surface area contributed by atoms with Crippen molar-refractivity contribution in [2.24, 2.45) is 20.6 Å². The van der Waals surface area contributed by atoms with Crippen LogP contribution in [-0.4, -0.2) is 44.8 Å². The van der Waals surface area contributed by atoms with Gasteiger partial charge in [0.25, 0.3) is 0 Å². The van der Waals surface area contributed by atoms with Crippen molar-refractivity contribution in [3.05, 3.63) is 35.7 Å². The third-order valence-electron chi connectivity index (χ3n) is 3.14. The number of rotatable bonds is 7. The van der Waals surface area contributed by atoms with E-state index in [9.17, 15) is 0 Å². The van der Waals surface area contributed by atoms with Crippen LogP contribution in [0.2, 0.25) is 0 Å². The van der Waals surface area contributed by atoms with Gasteiger partial charge in [0, 0.05) is 39.6 Å². The first-order chi connectivity index (χ1) is 10.4. The molecule has 0 aliphatic heterocycles. The van der Waals surface area contributed by atoms with E-state index in [-0.39, 0.29) is 0 Å². The Bertz CT molecular complexity index is 544. The van der Waals surface area contributed by atoms with E-state index in [4.69, 9.17) is 0 Å². The molecular weight excluding hydrogens is 278 g/mol. The van der Waals surface area contributed by atoms with E-state index in [1.54, 1.807) is 5.01 Å². The van der Waals surface area contributed by atoms with Crippen molar-refractivity contribution in [2.45, 2.75) is 13.8 Å². The van der Waals surface area contributed by atoms with E-state index >= 15 is 0 Å². The number of hydrogen-bond acceptors (Lipinski definition) is 6. The molecule has 7 heteroatoms. The van der Waals surface area contributed by atoms with E-state index in [1.165, 1.54) is 0 Å². The third-order valence-corrected chi connectivity index (χ3v) is 3.14. The standard InChI is InChI=1S/C15H25N7/c1-12(16-3)13(2)22(6)11-17-18-14-7-9-15(10-8-14)19-20-21(4)5/h7-10,16H,11H2,1-6H3/b13-12-,18-17?,20-19?. The molecule has 0 bridgehead atoms. The minimum absolute atomic E-state index is 0.507. The first-order valence-electron chi connectivity index (χ1n) is 7.07. The Morgan fingerprint density at radius 1 is 1.00 bits per heavy atom. The lowest BCUT2D eigenvalue weighted by atomic mass is 10.3. The van der Waals surface area contributed by atoms with Crippen LogP contribution in [0.5, 0.6) is 0 Å². The van der Waals surface area contributed by atoms with Gasteiger partial charge in [-0.15, -0.1) is 5.11 Å². The lowest BCUT2D eigenvalue weighted by molar-refractivity contribution is 0.408. The molecule has 0 aliphatic carbocycles. The Kier molecular flexibility index (Phi) is 7.01. The van der Waals surface area contributed by atoms with E-state index in [0.29, 0.717) is 6.67 Å². The van der Waals surface area contributed by atoms with Crippen LogP contribution >= 0.6 is 0 Å². The Balaban J connectivity index is 2.60. The molecule has 7 nitrogen and oxygen atoms in total. The minimum atomic E-state index is 0.507. The van der Waals surface area contributed by atoms with Gasteiger partial charge in [0.1, 0.15) is 6.67 Å². The molecule has 0 amide bonds. The lowest BCUT2D eigenvalue weighted by Crippen LogP contribution is -2.20. The number of azo groups is 1. The average molecular weight is 303 g/mol.